The molecular formula is C14H29N3O. The molecular weight excluding hydrogens is 226 g/mol. The number of nitrogens with one attached hydrogen (secondary N) is 1. The molecule has 0 aliphatic carbocycles. The van der Waals surface area contributed by atoms with Crippen molar-refractivity contribution in [2.24, 2.45) is 5.41 Å². The van der Waals surface area contributed by atoms with Gasteiger partial charge in [0.2, 0.25) is 0 Å². The molecule has 0 bridgehead atoms. The van der Waals surface area contributed by atoms with E-state index in [2.05, 4.69) is 22.2 Å². The van der Waals surface area contributed by atoms with Crippen molar-refractivity contribution in [3.05, 3.63) is 0 Å². The minimum Gasteiger partial charge on any atom is -0.381 e. The van der Waals surface area contributed by atoms with E-state index in [1.165, 1.54) is 45.4 Å². The molecule has 2 heterocycles. The van der Waals surface area contributed by atoms with Crippen molar-refractivity contribution in [1.29, 1.82) is 0 Å². The highest BCUT2D eigenvalue weighted by molar-refractivity contribution is 4.87. The lowest BCUT2D eigenvalue weighted by molar-refractivity contribution is 0.116. The Bertz CT molecular complexity index is 235. The molecule has 0 saturated carbocycles. The molecule has 0 aromatic heterocycles. The van der Waals surface area contributed by atoms with Crippen LogP contribution in [0.3, 0.4) is 0 Å². The fourth-order valence-electron chi connectivity index (χ4n) is 3.31. The van der Waals surface area contributed by atoms with Crippen molar-refractivity contribution in [3.8, 4) is 0 Å². The van der Waals surface area contributed by atoms with Crippen LogP contribution in [0.2, 0.25) is 0 Å². The summed E-state index contributed by atoms with van der Waals surface area (Å²) >= 11 is 0. The lowest BCUT2D eigenvalue weighted by Crippen LogP contribution is -2.44. The van der Waals surface area contributed by atoms with Crippen LogP contribution < -0.4 is 5.32 Å². The third kappa shape index (κ3) is 3.92. The van der Waals surface area contributed by atoms with Crippen molar-refractivity contribution < 1.29 is 4.74 Å². The predicted molar refractivity (Wildman–Crippen MR) is 75.0 cm³/mol. The number of ether oxygens (including phenoxy) is 1. The molecule has 0 aromatic rings. The van der Waals surface area contributed by atoms with Gasteiger partial charge in [-0.1, -0.05) is 0 Å². The van der Waals surface area contributed by atoms with E-state index in [1.807, 2.05) is 7.05 Å². The minimum absolute atomic E-state index is 0.342. The van der Waals surface area contributed by atoms with Crippen molar-refractivity contribution in [2.75, 3.05) is 66.6 Å². The zero-order valence-corrected chi connectivity index (χ0v) is 12.1. The number of nitrogens with zero attached hydrogens (tertiary/aromatic N) is 2. The molecule has 0 radical (unpaired) electrons. The predicted octanol–water partition coefficient (Wildman–Crippen LogP) is 0.640. The van der Waals surface area contributed by atoms with Gasteiger partial charge in [0, 0.05) is 38.2 Å². The second-order valence-electron chi connectivity index (χ2n) is 6.12. The van der Waals surface area contributed by atoms with Crippen molar-refractivity contribution in [1.82, 2.24) is 15.1 Å². The van der Waals surface area contributed by atoms with Crippen molar-refractivity contribution in [2.45, 2.75) is 19.3 Å². The summed E-state index contributed by atoms with van der Waals surface area (Å²) in [5.41, 5.74) is 0.342. The Morgan fingerprint density at radius 3 is 2.72 bits per heavy atom. The zero-order valence-electron chi connectivity index (χ0n) is 12.1. The van der Waals surface area contributed by atoms with Crippen LogP contribution in [0.1, 0.15) is 19.3 Å². The molecule has 4 nitrogen and oxygen atoms in total. The fourth-order valence-corrected chi connectivity index (χ4v) is 3.31. The van der Waals surface area contributed by atoms with E-state index in [0.29, 0.717) is 5.41 Å². The van der Waals surface area contributed by atoms with Crippen molar-refractivity contribution in [3.63, 3.8) is 0 Å². The normalized spacial score (nSPS) is 29.5. The standard InChI is InChI=1S/C14H29N3O/c1-15-11-14(5-10-18-13-14)12-16(2)8-9-17-6-3-4-7-17/h15H,3-13H2,1-2H3. The van der Waals surface area contributed by atoms with Gasteiger partial charge in [0.05, 0.1) is 6.61 Å². The maximum atomic E-state index is 5.61. The van der Waals surface area contributed by atoms with Gasteiger partial charge in [0.15, 0.2) is 0 Å². The first-order valence-corrected chi connectivity index (χ1v) is 7.37. The summed E-state index contributed by atoms with van der Waals surface area (Å²) in [6, 6.07) is 0. The molecule has 106 valence electrons. The van der Waals surface area contributed by atoms with Gasteiger partial charge in [-0.15, -0.1) is 0 Å². The van der Waals surface area contributed by atoms with Crippen LogP contribution in [-0.4, -0.2) is 76.4 Å². The Labute approximate surface area is 112 Å². The molecule has 2 rings (SSSR count). The van der Waals surface area contributed by atoms with Crippen LogP contribution in [-0.2, 0) is 4.74 Å². The molecule has 18 heavy (non-hydrogen) atoms. The third-order valence-corrected chi connectivity index (χ3v) is 4.34. The summed E-state index contributed by atoms with van der Waals surface area (Å²) in [4.78, 5) is 5.08. The molecule has 0 aromatic carbocycles. The topological polar surface area (TPSA) is 27.7 Å². The van der Waals surface area contributed by atoms with Gasteiger partial charge in [-0.05, 0) is 46.4 Å². The summed E-state index contributed by atoms with van der Waals surface area (Å²) in [5, 5.41) is 3.34. The lowest BCUT2D eigenvalue weighted by atomic mass is 9.86. The van der Waals surface area contributed by atoms with Crippen LogP contribution in [0.4, 0.5) is 0 Å². The van der Waals surface area contributed by atoms with Crippen LogP contribution in [0, 0.1) is 5.41 Å². The second-order valence-corrected chi connectivity index (χ2v) is 6.12. The summed E-state index contributed by atoms with van der Waals surface area (Å²) in [6.45, 7) is 9.10. The number of likely N-dealkylation sites (N-methyl/N-ethyl adjacent to an activating group) is 1. The Kier molecular flexibility index (Phi) is 5.42. The lowest BCUT2D eigenvalue weighted by Gasteiger charge is -2.33. The monoisotopic (exact) mass is 255 g/mol. The van der Waals surface area contributed by atoms with E-state index >= 15 is 0 Å². The Hall–Kier alpha value is -0.160. The first kappa shape index (κ1) is 14.3. The molecule has 4 heteroatoms. The summed E-state index contributed by atoms with van der Waals surface area (Å²) in [5.74, 6) is 0. The van der Waals surface area contributed by atoms with Crippen LogP contribution >= 0.6 is 0 Å². The van der Waals surface area contributed by atoms with E-state index in [9.17, 15) is 0 Å². The number of hydrogen-bond donors (Lipinski definition) is 1. The second kappa shape index (κ2) is 6.85. The first-order valence-electron chi connectivity index (χ1n) is 7.37. The Morgan fingerprint density at radius 2 is 2.11 bits per heavy atom. The third-order valence-electron chi connectivity index (χ3n) is 4.34. The SMILES string of the molecule is CNCC1(CN(C)CCN2CCCC2)CCOC1. The number of hydrogen-bond acceptors (Lipinski definition) is 4. The summed E-state index contributed by atoms with van der Waals surface area (Å²) < 4.78 is 5.61. The van der Waals surface area contributed by atoms with Gasteiger partial charge in [0.1, 0.15) is 0 Å². The molecule has 2 fully saturated rings. The maximum Gasteiger partial charge on any atom is 0.0547 e. The first-order chi connectivity index (χ1) is 8.74. The number of rotatable bonds is 7. The summed E-state index contributed by atoms with van der Waals surface area (Å²) in [7, 11) is 4.30. The maximum absolute atomic E-state index is 5.61. The Morgan fingerprint density at radius 1 is 1.33 bits per heavy atom. The fraction of sp³-hybridized carbons (Fsp3) is 1.00. The molecule has 1 unspecified atom stereocenters. The van der Waals surface area contributed by atoms with Crippen LogP contribution in [0.5, 0.6) is 0 Å². The van der Waals surface area contributed by atoms with Gasteiger partial charge < -0.3 is 19.9 Å². The average molecular weight is 255 g/mol. The highest BCUT2D eigenvalue weighted by Gasteiger charge is 2.35. The smallest absolute Gasteiger partial charge is 0.0547 e. The van der Waals surface area contributed by atoms with Gasteiger partial charge in [0.25, 0.3) is 0 Å². The summed E-state index contributed by atoms with van der Waals surface area (Å²) in [6.07, 6.45) is 3.98. The number of likely N-dealkylation sites (tertiary alicyclic amines) is 1. The van der Waals surface area contributed by atoms with Crippen LogP contribution in [0.25, 0.3) is 0 Å². The van der Waals surface area contributed by atoms with Gasteiger partial charge in [-0.3, -0.25) is 0 Å². The quantitative estimate of drug-likeness (QED) is 0.722. The van der Waals surface area contributed by atoms with Crippen LogP contribution in [0.15, 0.2) is 0 Å². The molecule has 1 N–H and O–H groups in total. The molecule has 0 amide bonds. The van der Waals surface area contributed by atoms with E-state index in [1.54, 1.807) is 0 Å². The van der Waals surface area contributed by atoms with E-state index < -0.39 is 0 Å². The van der Waals surface area contributed by atoms with Gasteiger partial charge in [-0.2, -0.15) is 0 Å². The van der Waals surface area contributed by atoms with E-state index in [4.69, 9.17) is 4.74 Å². The molecule has 1 atom stereocenters. The van der Waals surface area contributed by atoms with Gasteiger partial charge >= 0.3 is 0 Å². The van der Waals surface area contributed by atoms with E-state index in [-0.39, 0.29) is 0 Å². The molecule has 2 saturated heterocycles. The largest absolute Gasteiger partial charge is 0.381 e. The minimum atomic E-state index is 0.342. The van der Waals surface area contributed by atoms with E-state index in [0.717, 1.165) is 26.3 Å². The highest BCUT2D eigenvalue weighted by Crippen LogP contribution is 2.28. The molecule has 2 aliphatic heterocycles. The zero-order chi connectivity index (χ0) is 12.8. The molecule has 2 aliphatic rings. The Balaban J connectivity index is 1.72. The molecule has 0 spiro atoms. The highest BCUT2D eigenvalue weighted by atomic mass is 16.5. The average Bonchev–Trinajstić information content (AvgIpc) is 2.98. The van der Waals surface area contributed by atoms with Gasteiger partial charge in [-0.25, -0.2) is 0 Å². The van der Waals surface area contributed by atoms with Crippen molar-refractivity contribution >= 4 is 0 Å².